The molecule has 1 rings (SSSR count). The molecule has 1 atom stereocenters. The van der Waals surface area contributed by atoms with Crippen LogP contribution in [0.4, 0.5) is 10.5 Å². The summed E-state index contributed by atoms with van der Waals surface area (Å²) in [5.41, 5.74) is -0.185. The molecule has 0 saturated carbocycles. The van der Waals surface area contributed by atoms with Crippen LogP contribution in [0, 0.1) is 0 Å². The van der Waals surface area contributed by atoms with Crippen molar-refractivity contribution in [2.45, 2.75) is 19.9 Å². The molecule has 0 fully saturated rings. The van der Waals surface area contributed by atoms with Gasteiger partial charge in [-0.2, -0.15) is 0 Å². The number of carbonyl (C=O) groups excluding carboxylic acids is 1. The Labute approximate surface area is 132 Å². The van der Waals surface area contributed by atoms with Crippen molar-refractivity contribution in [3.05, 3.63) is 27.7 Å². The van der Waals surface area contributed by atoms with Crippen LogP contribution in [0.25, 0.3) is 0 Å². The fraction of sp³-hybridized carbons (Fsp3) is 0.385. The van der Waals surface area contributed by atoms with Gasteiger partial charge in [-0.25, -0.2) is 9.59 Å². The third kappa shape index (κ3) is 5.41. The maximum atomic E-state index is 11.8. The van der Waals surface area contributed by atoms with Gasteiger partial charge >= 0.3 is 12.0 Å². The van der Waals surface area contributed by atoms with Gasteiger partial charge in [-0.1, -0.05) is 23.2 Å². The lowest BCUT2D eigenvalue weighted by atomic mass is 10.2. The van der Waals surface area contributed by atoms with Crippen molar-refractivity contribution < 1.29 is 19.4 Å². The number of halogens is 2. The first-order valence-corrected chi connectivity index (χ1v) is 6.98. The molecule has 3 N–H and O–H groups in total. The molecule has 0 bridgehead atoms. The highest BCUT2D eigenvalue weighted by molar-refractivity contribution is 6.37. The van der Waals surface area contributed by atoms with Gasteiger partial charge in [0.2, 0.25) is 0 Å². The zero-order valence-electron chi connectivity index (χ0n) is 11.6. The summed E-state index contributed by atoms with van der Waals surface area (Å²) in [5.74, 6) is -1.24. The second-order valence-corrected chi connectivity index (χ2v) is 5.12. The summed E-state index contributed by atoms with van der Waals surface area (Å²) in [6.07, 6.45) is 0. The molecule has 0 spiro atoms. The Morgan fingerprint density at radius 1 is 1.38 bits per heavy atom. The summed E-state index contributed by atoms with van der Waals surface area (Å²) in [7, 11) is 0. The van der Waals surface area contributed by atoms with E-state index in [-0.39, 0.29) is 27.3 Å². The summed E-state index contributed by atoms with van der Waals surface area (Å²) in [6.45, 7) is 4.50. The van der Waals surface area contributed by atoms with E-state index in [9.17, 15) is 9.59 Å². The van der Waals surface area contributed by atoms with Gasteiger partial charge in [0.25, 0.3) is 0 Å². The van der Waals surface area contributed by atoms with E-state index in [0.29, 0.717) is 13.2 Å². The van der Waals surface area contributed by atoms with Crippen LogP contribution in [0.15, 0.2) is 12.1 Å². The first kappa shape index (κ1) is 17.6. The normalized spacial score (nSPS) is 11.8. The van der Waals surface area contributed by atoms with Crippen molar-refractivity contribution in [3.8, 4) is 0 Å². The Balaban J connectivity index is 2.83. The fourth-order valence-electron chi connectivity index (χ4n) is 1.58. The third-order valence-electron chi connectivity index (χ3n) is 2.47. The summed E-state index contributed by atoms with van der Waals surface area (Å²) >= 11 is 11.7. The lowest BCUT2D eigenvalue weighted by molar-refractivity contribution is 0.0698. The van der Waals surface area contributed by atoms with Gasteiger partial charge in [-0.05, 0) is 26.0 Å². The first-order chi connectivity index (χ1) is 9.85. The van der Waals surface area contributed by atoms with Crippen molar-refractivity contribution >= 4 is 40.9 Å². The minimum atomic E-state index is -1.24. The van der Waals surface area contributed by atoms with E-state index in [1.54, 1.807) is 6.92 Å². The van der Waals surface area contributed by atoms with E-state index < -0.39 is 12.0 Å². The maximum absolute atomic E-state index is 11.8. The molecule has 21 heavy (non-hydrogen) atoms. The summed E-state index contributed by atoms with van der Waals surface area (Å²) in [4.78, 5) is 23.0. The number of anilines is 1. The van der Waals surface area contributed by atoms with Crippen molar-refractivity contribution in [1.29, 1.82) is 0 Å². The van der Waals surface area contributed by atoms with Crippen LogP contribution in [-0.2, 0) is 4.74 Å². The number of urea groups is 1. The molecule has 8 heteroatoms. The van der Waals surface area contributed by atoms with E-state index in [2.05, 4.69) is 10.6 Å². The quantitative estimate of drug-likeness (QED) is 0.745. The molecule has 1 unspecified atom stereocenters. The molecule has 0 heterocycles. The highest BCUT2D eigenvalue weighted by Gasteiger charge is 2.18. The number of hydrogen-bond donors (Lipinski definition) is 3. The average molecular weight is 335 g/mol. The van der Waals surface area contributed by atoms with Crippen molar-refractivity contribution in [3.63, 3.8) is 0 Å². The second kappa shape index (κ2) is 8.07. The number of benzene rings is 1. The predicted molar refractivity (Wildman–Crippen MR) is 81.5 cm³/mol. The lowest BCUT2D eigenvalue weighted by Gasteiger charge is -2.16. The highest BCUT2D eigenvalue weighted by atomic mass is 35.5. The topological polar surface area (TPSA) is 87.7 Å². The van der Waals surface area contributed by atoms with Crippen molar-refractivity contribution in [1.82, 2.24) is 5.32 Å². The smallest absolute Gasteiger partial charge is 0.337 e. The minimum absolute atomic E-state index is 0.00493. The summed E-state index contributed by atoms with van der Waals surface area (Å²) in [6, 6.07) is 1.77. The Hall–Kier alpha value is -1.50. The number of ether oxygens (including phenoxy) is 1. The van der Waals surface area contributed by atoms with E-state index in [0.717, 1.165) is 0 Å². The Morgan fingerprint density at radius 3 is 2.62 bits per heavy atom. The number of amides is 2. The number of nitrogens with one attached hydrogen (secondary N) is 2. The Bertz CT molecular complexity index is 537. The van der Waals surface area contributed by atoms with Gasteiger partial charge in [0, 0.05) is 11.6 Å². The van der Waals surface area contributed by atoms with Crippen LogP contribution in [0.1, 0.15) is 24.2 Å². The van der Waals surface area contributed by atoms with Gasteiger partial charge < -0.3 is 20.5 Å². The molecular formula is C13H16Cl2N2O4. The predicted octanol–water partition coefficient (Wildman–Crippen LogP) is 3.24. The van der Waals surface area contributed by atoms with Gasteiger partial charge in [-0.3, -0.25) is 0 Å². The van der Waals surface area contributed by atoms with E-state index >= 15 is 0 Å². The van der Waals surface area contributed by atoms with Crippen molar-refractivity contribution in [2.24, 2.45) is 0 Å². The van der Waals surface area contributed by atoms with Crippen LogP contribution in [0.5, 0.6) is 0 Å². The first-order valence-electron chi connectivity index (χ1n) is 6.22. The molecule has 1 aromatic rings. The van der Waals surface area contributed by atoms with Crippen LogP contribution in [-0.4, -0.2) is 36.4 Å². The number of carboxylic acids is 1. The molecule has 0 aromatic heterocycles. The van der Waals surface area contributed by atoms with E-state index in [4.69, 9.17) is 33.0 Å². The Kier molecular flexibility index (Phi) is 6.74. The average Bonchev–Trinajstić information content (AvgIpc) is 2.38. The molecular weight excluding hydrogens is 319 g/mol. The van der Waals surface area contributed by atoms with Gasteiger partial charge in [0.15, 0.2) is 0 Å². The SMILES string of the molecule is CCOCC(C)NC(=O)Nc1c(Cl)cc(Cl)cc1C(=O)O. The molecule has 0 aliphatic heterocycles. The number of hydrogen-bond acceptors (Lipinski definition) is 3. The van der Waals surface area contributed by atoms with Gasteiger partial charge in [0.1, 0.15) is 0 Å². The summed E-state index contributed by atoms with van der Waals surface area (Å²) in [5, 5.41) is 14.4. The number of aromatic carboxylic acids is 1. The highest BCUT2D eigenvalue weighted by Crippen LogP contribution is 2.30. The minimum Gasteiger partial charge on any atom is -0.478 e. The molecule has 1 aromatic carbocycles. The van der Waals surface area contributed by atoms with Crippen LogP contribution < -0.4 is 10.6 Å². The molecule has 0 aliphatic carbocycles. The zero-order valence-corrected chi connectivity index (χ0v) is 13.1. The lowest BCUT2D eigenvalue weighted by Crippen LogP contribution is -2.39. The molecule has 116 valence electrons. The summed E-state index contributed by atoms with van der Waals surface area (Å²) < 4.78 is 5.17. The van der Waals surface area contributed by atoms with Gasteiger partial charge in [-0.15, -0.1) is 0 Å². The number of carboxylic acid groups (broad SMARTS) is 1. The molecule has 0 saturated heterocycles. The monoisotopic (exact) mass is 334 g/mol. The molecule has 0 aliphatic rings. The maximum Gasteiger partial charge on any atom is 0.337 e. The zero-order chi connectivity index (χ0) is 16.0. The Morgan fingerprint density at radius 2 is 2.05 bits per heavy atom. The fourth-order valence-corrected chi connectivity index (χ4v) is 2.12. The third-order valence-corrected chi connectivity index (χ3v) is 2.99. The van der Waals surface area contributed by atoms with Crippen LogP contribution >= 0.6 is 23.2 Å². The van der Waals surface area contributed by atoms with E-state index in [1.165, 1.54) is 12.1 Å². The largest absolute Gasteiger partial charge is 0.478 e. The molecule has 6 nitrogen and oxygen atoms in total. The van der Waals surface area contributed by atoms with Crippen LogP contribution in [0.2, 0.25) is 10.0 Å². The van der Waals surface area contributed by atoms with Crippen molar-refractivity contribution in [2.75, 3.05) is 18.5 Å². The molecule has 2 amide bonds. The number of carbonyl (C=O) groups is 2. The van der Waals surface area contributed by atoms with Gasteiger partial charge in [0.05, 0.1) is 28.9 Å². The second-order valence-electron chi connectivity index (χ2n) is 4.27. The van der Waals surface area contributed by atoms with Crippen LogP contribution in [0.3, 0.4) is 0 Å². The van der Waals surface area contributed by atoms with E-state index in [1.807, 2.05) is 6.92 Å². The number of rotatable bonds is 6. The molecule has 0 radical (unpaired) electrons. The standard InChI is InChI=1S/C13H16Cl2N2O4/c1-3-21-6-7(2)16-13(20)17-11-9(12(18)19)4-8(14)5-10(11)15/h4-5,7H,3,6H2,1-2H3,(H,18,19)(H2,16,17,20).